The van der Waals surface area contributed by atoms with E-state index in [4.69, 9.17) is 14.8 Å². The molecule has 0 amide bonds. The van der Waals surface area contributed by atoms with Crippen molar-refractivity contribution in [2.24, 2.45) is 5.41 Å². The van der Waals surface area contributed by atoms with E-state index in [2.05, 4.69) is 119 Å². The third-order valence-corrected chi connectivity index (χ3v) is 8.57. The van der Waals surface area contributed by atoms with Gasteiger partial charge in [-0.3, -0.25) is 4.68 Å². The minimum Gasteiger partial charge on any atom is -0.509 e. The molecule has 0 aliphatic rings. The van der Waals surface area contributed by atoms with E-state index in [-0.39, 0.29) is 26.5 Å². The van der Waals surface area contributed by atoms with Gasteiger partial charge in [0.2, 0.25) is 0 Å². The van der Waals surface area contributed by atoms with E-state index in [0.717, 1.165) is 64.1 Å². The first-order valence-corrected chi connectivity index (χ1v) is 16.5. The topological polar surface area (TPSA) is 44.9 Å². The van der Waals surface area contributed by atoms with Crippen LogP contribution < -0.4 is 4.74 Å². The van der Waals surface area contributed by atoms with Crippen LogP contribution in [0.25, 0.3) is 44.4 Å². The standard InChI is InChI=1S/C42H40N4O.Pt/c1-7-36-41(30-13-10-9-11-14-30)37(8-2)46(44-36)31-15-12-16-32(25-31)47-33-18-19-34-35-24-29(27-42(4,5)6)17-20-38(35)45(39(34)26-33)40-23-28(3)21-22-43-40;/h9-24H,7-8,27H2,1-6H3;/q-2;+2. The number of pyridine rings is 1. The SMILES string of the molecule is CCc1nn(-c2[c-]c(Oc3[c-]c4c(cc3)c3cc(CC(C)(C)C)ccc3n4-c3cc(C)ccn3)ccc2)c(CC)c1-c1ccccc1.[Pt+2]. The quantitative estimate of drug-likeness (QED) is 0.144. The maximum atomic E-state index is 6.48. The van der Waals surface area contributed by atoms with Gasteiger partial charge in [-0.15, -0.1) is 35.7 Å². The van der Waals surface area contributed by atoms with Gasteiger partial charge in [0.05, 0.1) is 5.69 Å². The molecule has 0 radical (unpaired) electrons. The molecule has 5 nitrogen and oxygen atoms in total. The molecule has 0 spiro atoms. The van der Waals surface area contributed by atoms with Crippen molar-refractivity contribution in [2.45, 2.75) is 60.8 Å². The third-order valence-electron chi connectivity index (χ3n) is 8.57. The number of ether oxygens (including phenoxy) is 1. The van der Waals surface area contributed by atoms with Crippen LogP contribution >= 0.6 is 0 Å². The molecule has 0 saturated carbocycles. The zero-order valence-corrected chi connectivity index (χ0v) is 30.6. The molecule has 48 heavy (non-hydrogen) atoms. The number of aryl methyl sites for hydroxylation is 2. The molecule has 0 unspecified atom stereocenters. The van der Waals surface area contributed by atoms with Crippen LogP contribution in [0.5, 0.6) is 11.5 Å². The van der Waals surface area contributed by atoms with Crippen LogP contribution in [-0.2, 0) is 40.3 Å². The minimum atomic E-state index is 0. The maximum Gasteiger partial charge on any atom is 2.00 e. The molecule has 7 aromatic rings. The first-order chi connectivity index (χ1) is 22.7. The molecule has 0 fully saturated rings. The monoisotopic (exact) mass is 811 g/mol. The molecule has 3 aromatic heterocycles. The summed E-state index contributed by atoms with van der Waals surface area (Å²) in [6, 6.07) is 38.7. The first kappa shape index (κ1) is 33.4. The molecule has 0 saturated heterocycles. The van der Waals surface area contributed by atoms with Crippen molar-refractivity contribution in [1.82, 2.24) is 19.3 Å². The van der Waals surface area contributed by atoms with Crippen molar-refractivity contribution in [3.63, 3.8) is 0 Å². The van der Waals surface area contributed by atoms with Gasteiger partial charge in [0.25, 0.3) is 0 Å². The Hall–Kier alpha value is -4.47. The second-order valence-corrected chi connectivity index (χ2v) is 13.5. The summed E-state index contributed by atoms with van der Waals surface area (Å²) in [6.07, 6.45) is 4.55. The number of benzene rings is 4. The van der Waals surface area contributed by atoms with Crippen LogP contribution in [0.1, 0.15) is 57.1 Å². The van der Waals surface area contributed by atoms with Crippen LogP contribution in [0.2, 0.25) is 0 Å². The molecule has 0 bridgehead atoms. The predicted molar refractivity (Wildman–Crippen MR) is 192 cm³/mol. The van der Waals surface area contributed by atoms with Gasteiger partial charge in [-0.05, 0) is 77.6 Å². The Morgan fingerprint density at radius 3 is 2.31 bits per heavy atom. The van der Waals surface area contributed by atoms with Gasteiger partial charge in [0.1, 0.15) is 5.82 Å². The molecule has 3 heterocycles. The number of fused-ring (bicyclic) bond motifs is 3. The Kier molecular flexibility index (Phi) is 9.45. The number of rotatable bonds is 8. The van der Waals surface area contributed by atoms with Gasteiger partial charge in [0.15, 0.2) is 0 Å². The zero-order chi connectivity index (χ0) is 32.7. The average Bonchev–Trinajstić information content (AvgIpc) is 3.60. The number of hydrogen-bond donors (Lipinski definition) is 0. The number of hydrogen-bond acceptors (Lipinski definition) is 3. The van der Waals surface area contributed by atoms with Gasteiger partial charge in [-0.25, -0.2) is 4.98 Å². The minimum absolute atomic E-state index is 0. The Morgan fingerprint density at radius 2 is 1.58 bits per heavy atom. The normalized spacial score (nSPS) is 11.6. The van der Waals surface area contributed by atoms with E-state index in [1.54, 1.807) is 0 Å². The Balaban J connectivity index is 0.00000401. The van der Waals surface area contributed by atoms with Crippen molar-refractivity contribution in [3.8, 4) is 34.1 Å². The summed E-state index contributed by atoms with van der Waals surface area (Å²) in [5.41, 5.74) is 10.2. The molecular weight excluding hydrogens is 772 g/mol. The van der Waals surface area contributed by atoms with Crippen LogP contribution in [-0.4, -0.2) is 19.3 Å². The van der Waals surface area contributed by atoms with E-state index < -0.39 is 0 Å². The molecule has 7 rings (SSSR count). The van der Waals surface area contributed by atoms with Gasteiger partial charge >= 0.3 is 21.1 Å². The van der Waals surface area contributed by atoms with E-state index >= 15 is 0 Å². The van der Waals surface area contributed by atoms with Crippen molar-refractivity contribution in [1.29, 1.82) is 0 Å². The molecule has 0 aliphatic carbocycles. The Bertz CT molecular complexity index is 2220. The van der Waals surface area contributed by atoms with Crippen molar-refractivity contribution in [3.05, 3.63) is 132 Å². The van der Waals surface area contributed by atoms with Crippen molar-refractivity contribution in [2.75, 3.05) is 0 Å². The molecule has 244 valence electrons. The van der Waals surface area contributed by atoms with Crippen LogP contribution in [0.15, 0.2) is 97.2 Å². The molecule has 4 aromatic carbocycles. The number of nitrogens with zero attached hydrogens (tertiary/aromatic N) is 4. The third kappa shape index (κ3) is 6.49. The smallest absolute Gasteiger partial charge is 0.509 e. The molecular formula is C42H40N4OPt. The summed E-state index contributed by atoms with van der Waals surface area (Å²) in [6.45, 7) is 13.3. The summed E-state index contributed by atoms with van der Waals surface area (Å²) < 4.78 is 10.7. The van der Waals surface area contributed by atoms with Crippen LogP contribution in [0.4, 0.5) is 0 Å². The largest absolute Gasteiger partial charge is 2.00 e. The molecule has 0 N–H and O–H groups in total. The summed E-state index contributed by atoms with van der Waals surface area (Å²) >= 11 is 0. The summed E-state index contributed by atoms with van der Waals surface area (Å²) in [5.74, 6) is 2.09. The Labute approximate surface area is 297 Å². The van der Waals surface area contributed by atoms with E-state index in [9.17, 15) is 0 Å². The summed E-state index contributed by atoms with van der Waals surface area (Å²) in [7, 11) is 0. The van der Waals surface area contributed by atoms with E-state index in [1.807, 2.05) is 41.2 Å². The van der Waals surface area contributed by atoms with Gasteiger partial charge in [-0.2, -0.15) is 17.2 Å². The van der Waals surface area contributed by atoms with Crippen LogP contribution in [0.3, 0.4) is 0 Å². The molecule has 6 heteroatoms. The summed E-state index contributed by atoms with van der Waals surface area (Å²) in [4.78, 5) is 4.76. The predicted octanol–water partition coefficient (Wildman–Crippen LogP) is 10.4. The first-order valence-electron chi connectivity index (χ1n) is 16.5. The fourth-order valence-electron chi connectivity index (χ4n) is 6.59. The van der Waals surface area contributed by atoms with E-state index in [0.29, 0.717) is 11.5 Å². The second kappa shape index (κ2) is 13.6. The fourth-order valence-corrected chi connectivity index (χ4v) is 6.59. The van der Waals surface area contributed by atoms with Crippen LogP contribution in [0, 0.1) is 24.5 Å². The van der Waals surface area contributed by atoms with Gasteiger partial charge in [-0.1, -0.05) is 82.6 Å². The molecule has 0 aliphatic heterocycles. The van der Waals surface area contributed by atoms with E-state index in [1.165, 1.54) is 22.1 Å². The zero-order valence-electron chi connectivity index (χ0n) is 28.4. The Morgan fingerprint density at radius 1 is 0.792 bits per heavy atom. The van der Waals surface area contributed by atoms with Crippen molar-refractivity contribution < 1.29 is 25.8 Å². The maximum absolute atomic E-state index is 6.48. The summed E-state index contributed by atoms with van der Waals surface area (Å²) in [5, 5.41) is 7.36. The average molecular weight is 812 g/mol. The number of aromatic nitrogens is 4. The molecule has 0 atom stereocenters. The van der Waals surface area contributed by atoms with Gasteiger partial charge in [0, 0.05) is 34.5 Å². The second-order valence-electron chi connectivity index (χ2n) is 13.5. The fraction of sp³-hybridized carbons (Fsp3) is 0.238. The van der Waals surface area contributed by atoms with Gasteiger partial charge < -0.3 is 9.30 Å². The van der Waals surface area contributed by atoms with Crippen molar-refractivity contribution >= 4 is 21.8 Å².